The summed E-state index contributed by atoms with van der Waals surface area (Å²) in [6.07, 6.45) is 1.98. The van der Waals surface area contributed by atoms with Gasteiger partial charge in [0.2, 0.25) is 0 Å². The van der Waals surface area contributed by atoms with Crippen LogP contribution in [0.5, 0.6) is 0 Å². The summed E-state index contributed by atoms with van der Waals surface area (Å²) in [5.74, 6) is 0.0389. The highest BCUT2D eigenvalue weighted by Gasteiger charge is 2.38. The van der Waals surface area contributed by atoms with Gasteiger partial charge in [-0.15, -0.1) is 0 Å². The molecule has 1 unspecified atom stereocenters. The fourth-order valence-electron chi connectivity index (χ4n) is 2.71. The largest absolute Gasteiger partial charge is 0.365 e. The molecule has 0 saturated carbocycles. The van der Waals surface area contributed by atoms with Gasteiger partial charge in [-0.2, -0.15) is 10.5 Å². The summed E-state index contributed by atoms with van der Waals surface area (Å²) in [6.45, 7) is 5.16. The number of rotatable bonds is 1. The molecule has 1 heterocycles. The van der Waals surface area contributed by atoms with Gasteiger partial charge in [0.25, 0.3) is 0 Å². The van der Waals surface area contributed by atoms with E-state index in [2.05, 4.69) is 30.9 Å². The van der Waals surface area contributed by atoms with E-state index in [1.54, 1.807) is 0 Å². The number of benzene rings is 1. The van der Waals surface area contributed by atoms with Crippen LogP contribution in [-0.4, -0.2) is 12.1 Å². The van der Waals surface area contributed by atoms with Crippen LogP contribution in [-0.2, 0) is 0 Å². The zero-order valence-corrected chi connectivity index (χ0v) is 10.8. The molecule has 0 aliphatic carbocycles. The number of nitrogens with zero attached hydrogens (tertiary/aromatic N) is 3. The summed E-state index contributed by atoms with van der Waals surface area (Å²) in [6, 6.07) is 12.2. The van der Waals surface area contributed by atoms with Crippen LogP contribution in [0.1, 0.15) is 32.3 Å². The second kappa shape index (κ2) is 4.70. The van der Waals surface area contributed by atoms with E-state index in [4.69, 9.17) is 5.26 Å². The van der Waals surface area contributed by atoms with Crippen molar-refractivity contribution in [1.29, 1.82) is 10.5 Å². The van der Waals surface area contributed by atoms with E-state index in [-0.39, 0.29) is 11.5 Å². The summed E-state index contributed by atoms with van der Waals surface area (Å²) in [5.41, 5.74) is 1.53. The molecule has 1 atom stereocenters. The number of piperidine rings is 1. The molecule has 3 nitrogen and oxygen atoms in total. The lowest BCUT2D eigenvalue weighted by molar-refractivity contribution is 0.292. The Bertz CT molecular complexity index is 519. The van der Waals surface area contributed by atoms with Crippen LogP contribution in [0.15, 0.2) is 24.3 Å². The van der Waals surface area contributed by atoms with Crippen molar-refractivity contribution in [3.63, 3.8) is 0 Å². The third-order valence-electron chi connectivity index (χ3n) is 3.87. The molecule has 1 aromatic rings. The van der Waals surface area contributed by atoms with Crippen LogP contribution < -0.4 is 4.90 Å². The lowest BCUT2D eigenvalue weighted by atomic mass is 9.79. The molecule has 1 aliphatic heterocycles. The molecule has 0 aromatic heterocycles. The number of hydrogen-bond acceptors (Lipinski definition) is 3. The summed E-state index contributed by atoms with van der Waals surface area (Å²) < 4.78 is 0. The molecule has 0 N–H and O–H groups in total. The summed E-state index contributed by atoms with van der Waals surface area (Å²) in [4.78, 5) is 2.26. The monoisotopic (exact) mass is 239 g/mol. The molecule has 18 heavy (non-hydrogen) atoms. The van der Waals surface area contributed by atoms with Crippen molar-refractivity contribution in [3.8, 4) is 12.1 Å². The lowest BCUT2D eigenvalue weighted by Crippen LogP contribution is -2.53. The molecule has 2 rings (SSSR count). The maximum absolute atomic E-state index is 9.26. The minimum absolute atomic E-state index is 0.0389. The van der Waals surface area contributed by atoms with Crippen LogP contribution in [0.3, 0.4) is 0 Å². The van der Waals surface area contributed by atoms with Crippen molar-refractivity contribution in [2.45, 2.75) is 32.2 Å². The lowest BCUT2D eigenvalue weighted by Gasteiger charge is -2.47. The van der Waals surface area contributed by atoms with E-state index >= 15 is 0 Å². The predicted molar refractivity (Wildman–Crippen MR) is 70.9 cm³/mol. The van der Waals surface area contributed by atoms with Crippen LogP contribution in [0.25, 0.3) is 0 Å². The Kier molecular flexibility index (Phi) is 3.26. The third kappa shape index (κ3) is 2.05. The summed E-state index contributed by atoms with van der Waals surface area (Å²) in [7, 11) is 0. The second-order valence-corrected chi connectivity index (χ2v) is 5.29. The number of hydrogen-bond donors (Lipinski definition) is 0. The van der Waals surface area contributed by atoms with Gasteiger partial charge < -0.3 is 4.90 Å². The van der Waals surface area contributed by atoms with E-state index in [9.17, 15) is 5.26 Å². The van der Waals surface area contributed by atoms with E-state index in [1.807, 2.05) is 24.3 Å². The Morgan fingerprint density at radius 1 is 1.33 bits per heavy atom. The van der Waals surface area contributed by atoms with Crippen molar-refractivity contribution in [3.05, 3.63) is 29.8 Å². The van der Waals surface area contributed by atoms with Gasteiger partial charge in [-0.1, -0.05) is 6.07 Å². The van der Waals surface area contributed by atoms with Crippen LogP contribution in [0.2, 0.25) is 0 Å². The highest BCUT2D eigenvalue weighted by Crippen LogP contribution is 2.36. The normalized spacial score (nSPS) is 22.0. The van der Waals surface area contributed by atoms with E-state index in [0.717, 1.165) is 25.1 Å². The molecule has 1 aromatic carbocycles. The Balaban J connectivity index is 2.37. The van der Waals surface area contributed by atoms with Crippen LogP contribution in [0.4, 0.5) is 5.69 Å². The summed E-state index contributed by atoms with van der Waals surface area (Å²) >= 11 is 0. The number of anilines is 1. The van der Waals surface area contributed by atoms with Crippen LogP contribution in [0, 0.1) is 28.6 Å². The van der Waals surface area contributed by atoms with Crippen molar-refractivity contribution < 1.29 is 0 Å². The molecular formula is C15H17N3. The molecule has 1 saturated heterocycles. The molecule has 0 radical (unpaired) electrons. The fraction of sp³-hybridized carbons (Fsp3) is 0.467. The first-order valence-electron chi connectivity index (χ1n) is 6.27. The van der Waals surface area contributed by atoms with Gasteiger partial charge in [0, 0.05) is 12.2 Å². The Labute approximate surface area is 108 Å². The smallest absolute Gasteiger partial charge is 0.0992 e. The standard InChI is InChI=1S/C15H17N3/c1-15(2)13(11-17)6-4-8-18(15)14-7-3-5-12(9-14)10-16/h3,5,7,9,13H,4,6,8H2,1-2H3. The molecule has 1 aliphatic rings. The fourth-order valence-corrected chi connectivity index (χ4v) is 2.71. The molecule has 92 valence electrons. The first-order chi connectivity index (χ1) is 8.59. The van der Waals surface area contributed by atoms with Crippen molar-refractivity contribution in [1.82, 2.24) is 0 Å². The van der Waals surface area contributed by atoms with Crippen molar-refractivity contribution in [2.75, 3.05) is 11.4 Å². The molecule has 0 bridgehead atoms. The Hall–Kier alpha value is -2.00. The highest BCUT2D eigenvalue weighted by atomic mass is 15.2. The third-order valence-corrected chi connectivity index (χ3v) is 3.87. The molecule has 0 spiro atoms. The van der Waals surface area contributed by atoms with Gasteiger partial charge in [0.05, 0.1) is 29.2 Å². The highest BCUT2D eigenvalue weighted by molar-refractivity contribution is 5.54. The van der Waals surface area contributed by atoms with E-state index in [0.29, 0.717) is 5.56 Å². The van der Waals surface area contributed by atoms with Gasteiger partial charge in [0.15, 0.2) is 0 Å². The van der Waals surface area contributed by atoms with E-state index in [1.165, 1.54) is 0 Å². The minimum Gasteiger partial charge on any atom is -0.365 e. The molecule has 1 fully saturated rings. The van der Waals surface area contributed by atoms with Gasteiger partial charge in [0.1, 0.15) is 0 Å². The van der Waals surface area contributed by atoms with Crippen molar-refractivity contribution in [2.24, 2.45) is 5.92 Å². The van der Waals surface area contributed by atoms with Gasteiger partial charge in [-0.25, -0.2) is 0 Å². The van der Waals surface area contributed by atoms with Gasteiger partial charge in [-0.05, 0) is 44.9 Å². The topological polar surface area (TPSA) is 50.8 Å². The number of nitriles is 2. The average Bonchev–Trinajstić information content (AvgIpc) is 2.38. The second-order valence-electron chi connectivity index (χ2n) is 5.29. The average molecular weight is 239 g/mol. The molecule has 0 amide bonds. The predicted octanol–water partition coefficient (Wildman–Crippen LogP) is 3.08. The Morgan fingerprint density at radius 3 is 2.78 bits per heavy atom. The SMILES string of the molecule is CC1(C)C(C#N)CCCN1c1cccc(C#N)c1. The maximum Gasteiger partial charge on any atom is 0.0992 e. The van der Waals surface area contributed by atoms with Gasteiger partial charge in [-0.3, -0.25) is 0 Å². The molecular weight excluding hydrogens is 222 g/mol. The zero-order valence-electron chi connectivity index (χ0n) is 10.8. The van der Waals surface area contributed by atoms with E-state index < -0.39 is 0 Å². The molecule has 3 heteroatoms. The quantitative estimate of drug-likeness (QED) is 0.756. The first-order valence-corrected chi connectivity index (χ1v) is 6.27. The van der Waals surface area contributed by atoms with Crippen molar-refractivity contribution >= 4 is 5.69 Å². The van der Waals surface area contributed by atoms with Crippen LogP contribution >= 0.6 is 0 Å². The first kappa shape index (κ1) is 12.5. The summed E-state index contributed by atoms with van der Waals surface area (Å²) in [5, 5.41) is 18.2. The maximum atomic E-state index is 9.26. The van der Waals surface area contributed by atoms with Gasteiger partial charge >= 0.3 is 0 Å². The minimum atomic E-state index is -0.179. The Morgan fingerprint density at radius 2 is 2.11 bits per heavy atom. The zero-order chi connectivity index (χ0) is 13.2.